The molecule has 0 bridgehead atoms. The molecule has 10 nitrogen and oxygen atoms in total. The zero-order valence-electron chi connectivity index (χ0n) is 16.5. The Kier molecular flexibility index (Phi) is 5.27. The molecule has 0 atom stereocenters. The molecule has 31 heavy (non-hydrogen) atoms. The molecule has 0 aliphatic carbocycles. The predicted molar refractivity (Wildman–Crippen MR) is 115 cm³/mol. The molecule has 4 N–H and O–H groups in total. The summed E-state index contributed by atoms with van der Waals surface area (Å²) < 4.78 is 6.96. The highest BCUT2D eigenvalue weighted by Gasteiger charge is 2.12. The molecule has 0 spiro atoms. The Labute approximate surface area is 174 Å². The number of benzene rings is 2. The summed E-state index contributed by atoms with van der Waals surface area (Å²) in [5, 5.41) is 10.7. The third-order valence-corrected chi connectivity index (χ3v) is 4.84. The number of nitrogens with one attached hydrogen (secondary N) is 4. The van der Waals surface area contributed by atoms with Crippen molar-refractivity contribution >= 4 is 39.2 Å². The second-order valence-electron chi connectivity index (χ2n) is 6.83. The largest absolute Gasteiger partial charge is 0.497 e. The number of carbonyl (C=O) groups excluding carboxylic acids is 2. The molecule has 2 amide bonds. The fraction of sp³-hybridized carbons (Fsp3) is 0.143. The zero-order valence-corrected chi connectivity index (χ0v) is 16.5. The number of aromatic nitrogens is 3. The number of aromatic amines is 2. The van der Waals surface area contributed by atoms with Crippen molar-refractivity contribution in [1.29, 1.82) is 0 Å². The van der Waals surface area contributed by atoms with Crippen molar-refractivity contribution in [3.05, 3.63) is 69.4 Å². The van der Waals surface area contributed by atoms with Gasteiger partial charge < -0.3 is 19.9 Å². The number of fused-ring (bicyclic) bond motifs is 2. The maximum Gasteiger partial charge on any atom is 0.272 e. The SMILES string of the molecule is COc1ccc2c(ccn2CC(=O)NCC(=O)Nc2cccc3c(=O)[nH][nH]c(=O)c23)c1. The summed E-state index contributed by atoms with van der Waals surface area (Å²) in [5.41, 5.74) is 0.0382. The van der Waals surface area contributed by atoms with E-state index < -0.39 is 17.0 Å². The van der Waals surface area contributed by atoms with Gasteiger partial charge in [-0.3, -0.25) is 29.4 Å². The first-order chi connectivity index (χ1) is 15.0. The number of amides is 2. The summed E-state index contributed by atoms with van der Waals surface area (Å²) >= 11 is 0. The molecule has 0 saturated carbocycles. The van der Waals surface area contributed by atoms with E-state index in [9.17, 15) is 19.2 Å². The quantitative estimate of drug-likeness (QED) is 0.367. The lowest BCUT2D eigenvalue weighted by atomic mass is 10.1. The maximum atomic E-state index is 12.3. The molecular weight excluding hydrogens is 402 g/mol. The van der Waals surface area contributed by atoms with Crippen molar-refractivity contribution in [3.63, 3.8) is 0 Å². The van der Waals surface area contributed by atoms with E-state index in [2.05, 4.69) is 20.8 Å². The van der Waals surface area contributed by atoms with Gasteiger partial charge in [-0.25, -0.2) is 0 Å². The number of carbonyl (C=O) groups is 2. The zero-order chi connectivity index (χ0) is 22.0. The lowest BCUT2D eigenvalue weighted by Crippen LogP contribution is -2.35. The van der Waals surface area contributed by atoms with E-state index in [1.54, 1.807) is 30.0 Å². The first-order valence-corrected chi connectivity index (χ1v) is 9.39. The summed E-state index contributed by atoms with van der Waals surface area (Å²) in [5.74, 6) is -0.154. The molecule has 0 unspecified atom stereocenters. The van der Waals surface area contributed by atoms with Crippen LogP contribution in [0.2, 0.25) is 0 Å². The van der Waals surface area contributed by atoms with E-state index in [0.717, 1.165) is 16.7 Å². The lowest BCUT2D eigenvalue weighted by molar-refractivity contribution is -0.124. The molecule has 0 saturated heterocycles. The van der Waals surface area contributed by atoms with E-state index in [1.807, 2.05) is 18.2 Å². The Morgan fingerprint density at radius 2 is 1.84 bits per heavy atom. The highest BCUT2D eigenvalue weighted by molar-refractivity contribution is 6.02. The van der Waals surface area contributed by atoms with Gasteiger partial charge in [0.15, 0.2) is 0 Å². The van der Waals surface area contributed by atoms with E-state index in [0.29, 0.717) is 0 Å². The van der Waals surface area contributed by atoms with Gasteiger partial charge >= 0.3 is 0 Å². The fourth-order valence-electron chi connectivity index (χ4n) is 3.36. The average molecular weight is 421 g/mol. The van der Waals surface area contributed by atoms with Crippen LogP contribution in [-0.2, 0) is 16.1 Å². The Hall–Kier alpha value is -4.34. The van der Waals surface area contributed by atoms with Crippen LogP contribution in [0.1, 0.15) is 0 Å². The van der Waals surface area contributed by atoms with Crippen LogP contribution in [0, 0.1) is 0 Å². The van der Waals surface area contributed by atoms with Crippen molar-refractivity contribution in [1.82, 2.24) is 20.1 Å². The molecule has 4 rings (SSSR count). The first-order valence-electron chi connectivity index (χ1n) is 9.39. The molecule has 4 aromatic rings. The average Bonchev–Trinajstić information content (AvgIpc) is 3.16. The van der Waals surface area contributed by atoms with Gasteiger partial charge in [-0.05, 0) is 36.4 Å². The number of hydrogen-bond donors (Lipinski definition) is 4. The third-order valence-electron chi connectivity index (χ3n) is 4.84. The van der Waals surface area contributed by atoms with Gasteiger partial charge in [-0.2, -0.15) is 0 Å². The second-order valence-corrected chi connectivity index (χ2v) is 6.83. The summed E-state index contributed by atoms with van der Waals surface area (Å²) in [7, 11) is 1.59. The van der Waals surface area contributed by atoms with Crippen molar-refractivity contribution in [2.24, 2.45) is 0 Å². The monoisotopic (exact) mass is 421 g/mol. The van der Waals surface area contributed by atoms with Gasteiger partial charge in [-0.1, -0.05) is 6.07 Å². The van der Waals surface area contributed by atoms with Crippen molar-refractivity contribution < 1.29 is 14.3 Å². The number of hydrogen-bond acceptors (Lipinski definition) is 5. The van der Waals surface area contributed by atoms with Crippen LogP contribution >= 0.6 is 0 Å². The van der Waals surface area contributed by atoms with Crippen LogP contribution in [0.4, 0.5) is 5.69 Å². The van der Waals surface area contributed by atoms with E-state index in [4.69, 9.17) is 4.74 Å². The predicted octanol–water partition coefficient (Wildman–Crippen LogP) is 0.935. The van der Waals surface area contributed by atoms with Crippen LogP contribution in [0.3, 0.4) is 0 Å². The molecule has 2 heterocycles. The van der Waals surface area contributed by atoms with Gasteiger partial charge in [0.05, 0.1) is 30.1 Å². The van der Waals surface area contributed by atoms with E-state index in [1.165, 1.54) is 12.1 Å². The summed E-state index contributed by atoms with van der Waals surface area (Å²) in [4.78, 5) is 48.5. The Bertz CT molecular complexity index is 1420. The van der Waals surface area contributed by atoms with Crippen LogP contribution in [-0.4, -0.2) is 40.2 Å². The molecule has 0 fully saturated rings. The minimum absolute atomic E-state index is 0.0341. The first kappa shape index (κ1) is 20.0. The highest BCUT2D eigenvalue weighted by Crippen LogP contribution is 2.21. The van der Waals surface area contributed by atoms with Crippen molar-refractivity contribution in [3.8, 4) is 5.75 Å². The molecule has 0 aliphatic rings. The smallest absolute Gasteiger partial charge is 0.272 e. The van der Waals surface area contributed by atoms with Gasteiger partial charge in [-0.15, -0.1) is 0 Å². The lowest BCUT2D eigenvalue weighted by Gasteiger charge is -2.10. The van der Waals surface area contributed by atoms with Gasteiger partial charge in [0.25, 0.3) is 11.1 Å². The van der Waals surface area contributed by atoms with Gasteiger partial charge in [0.2, 0.25) is 11.8 Å². The minimum atomic E-state index is -0.536. The number of anilines is 1. The summed E-state index contributed by atoms with van der Waals surface area (Å²) in [6, 6.07) is 12.0. The minimum Gasteiger partial charge on any atom is -0.497 e. The number of rotatable bonds is 6. The molecule has 0 radical (unpaired) electrons. The van der Waals surface area contributed by atoms with Gasteiger partial charge in [0, 0.05) is 17.1 Å². The van der Waals surface area contributed by atoms with Crippen LogP contribution in [0.25, 0.3) is 21.7 Å². The highest BCUT2D eigenvalue weighted by atomic mass is 16.5. The Morgan fingerprint density at radius 1 is 1.03 bits per heavy atom. The van der Waals surface area contributed by atoms with Crippen molar-refractivity contribution in [2.45, 2.75) is 6.54 Å². The summed E-state index contributed by atoms with van der Waals surface area (Å²) in [6.07, 6.45) is 1.78. The van der Waals surface area contributed by atoms with Crippen LogP contribution in [0.15, 0.2) is 58.3 Å². The molecule has 2 aromatic heterocycles. The third kappa shape index (κ3) is 4.04. The van der Waals surface area contributed by atoms with E-state index in [-0.39, 0.29) is 35.5 Å². The summed E-state index contributed by atoms with van der Waals surface area (Å²) in [6.45, 7) is -0.254. The van der Waals surface area contributed by atoms with Crippen LogP contribution < -0.4 is 26.5 Å². The molecule has 0 aliphatic heterocycles. The molecular formula is C21H19N5O5. The number of ether oxygens (including phenoxy) is 1. The maximum absolute atomic E-state index is 12.3. The molecule has 158 valence electrons. The molecule has 10 heteroatoms. The van der Waals surface area contributed by atoms with Crippen LogP contribution in [0.5, 0.6) is 5.75 Å². The fourth-order valence-corrected chi connectivity index (χ4v) is 3.36. The van der Waals surface area contributed by atoms with Gasteiger partial charge in [0.1, 0.15) is 12.3 Å². The molecule has 2 aromatic carbocycles. The Balaban J connectivity index is 1.41. The number of nitrogens with zero attached hydrogens (tertiary/aromatic N) is 1. The Morgan fingerprint density at radius 3 is 2.65 bits per heavy atom. The van der Waals surface area contributed by atoms with E-state index >= 15 is 0 Å². The van der Waals surface area contributed by atoms with Crippen molar-refractivity contribution in [2.75, 3.05) is 19.0 Å². The number of H-pyrrole nitrogens is 2. The normalized spacial score (nSPS) is 10.9. The second kappa shape index (κ2) is 8.19. The number of methoxy groups -OCH3 is 1. The standard InChI is InChI=1S/C21H19N5O5/c1-31-13-5-6-16-12(9-13)7-8-26(16)11-18(28)22-10-17(27)23-15-4-2-3-14-19(15)21(30)25-24-20(14)29/h2-9H,10-11H2,1H3,(H,22,28)(H,23,27)(H,24,29)(H,25,30). The topological polar surface area (TPSA) is 138 Å².